The number of aryl methyl sites for hydroxylation is 1. The summed E-state index contributed by atoms with van der Waals surface area (Å²) in [5, 5.41) is 9.15. The Hall–Kier alpha value is -3.61. The molecule has 0 unspecified atom stereocenters. The lowest BCUT2D eigenvalue weighted by Gasteiger charge is -2.10. The smallest absolute Gasteiger partial charge is 0.262 e. The monoisotopic (exact) mass is 377 g/mol. The highest BCUT2D eigenvalue weighted by molar-refractivity contribution is 5.92. The van der Waals surface area contributed by atoms with Crippen molar-refractivity contribution >= 4 is 29.0 Å². The molecule has 0 bridgehead atoms. The van der Waals surface area contributed by atoms with Gasteiger partial charge in [-0.15, -0.1) is 0 Å². The third kappa shape index (κ3) is 5.70. The van der Waals surface area contributed by atoms with E-state index in [1.54, 1.807) is 0 Å². The van der Waals surface area contributed by atoms with Crippen LogP contribution >= 0.6 is 0 Å². The van der Waals surface area contributed by atoms with Crippen molar-refractivity contribution < 1.29 is 9.53 Å². The molecule has 3 N–H and O–H groups in total. The lowest BCUT2D eigenvalue weighted by molar-refractivity contribution is -0.118. The summed E-state index contributed by atoms with van der Waals surface area (Å²) in [6.45, 7) is 4.68. The summed E-state index contributed by atoms with van der Waals surface area (Å²) in [6.07, 6.45) is 0. The maximum atomic E-state index is 12.0. The summed E-state index contributed by atoms with van der Waals surface area (Å²) in [5.41, 5.74) is 2.38. The van der Waals surface area contributed by atoms with E-state index in [2.05, 4.69) is 25.9 Å². The van der Waals surface area contributed by atoms with Gasteiger partial charge < -0.3 is 20.7 Å². The van der Waals surface area contributed by atoms with Crippen LogP contribution in [0.25, 0.3) is 0 Å². The number of ether oxygens (including phenoxy) is 1. The second-order valence-corrected chi connectivity index (χ2v) is 6.10. The fraction of sp³-hybridized carbons (Fsp3) is 0.190. The molecule has 0 aliphatic rings. The molecule has 3 aromatic rings. The molecule has 7 nitrogen and oxygen atoms in total. The minimum Gasteiger partial charge on any atom is -0.484 e. The molecule has 0 aliphatic heterocycles. The number of rotatable bonds is 8. The highest BCUT2D eigenvalue weighted by Gasteiger charge is 2.05. The van der Waals surface area contributed by atoms with Crippen molar-refractivity contribution in [2.75, 3.05) is 29.1 Å². The Morgan fingerprint density at radius 1 is 1.00 bits per heavy atom. The van der Waals surface area contributed by atoms with Gasteiger partial charge in [0.05, 0.1) is 0 Å². The molecular formula is C21H23N5O2. The SMILES string of the molecule is CCNc1cc(C)nc(Nc2ccc(NC(=O)COc3ccccc3)cc2)n1. The summed E-state index contributed by atoms with van der Waals surface area (Å²) in [7, 11) is 0. The van der Waals surface area contributed by atoms with Crippen molar-refractivity contribution in [2.45, 2.75) is 13.8 Å². The van der Waals surface area contributed by atoms with Gasteiger partial charge >= 0.3 is 0 Å². The lowest BCUT2D eigenvalue weighted by atomic mass is 10.3. The molecular weight excluding hydrogens is 354 g/mol. The Balaban J connectivity index is 1.55. The van der Waals surface area contributed by atoms with Gasteiger partial charge in [0, 0.05) is 29.7 Å². The highest BCUT2D eigenvalue weighted by atomic mass is 16.5. The quantitative estimate of drug-likeness (QED) is 0.550. The van der Waals surface area contributed by atoms with Crippen LogP contribution in [0.1, 0.15) is 12.6 Å². The van der Waals surface area contributed by atoms with Crippen molar-refractivity contribution in [2.24, 2.45) is 0 Å². The third-order valence-corrected chi connectivity index (χ3v) is 3.75. The number of aromatic nitrogens is 2. The molecule has 1 heterocycles. The van der Waals surface area contributed by atoms with E-state index in [9.17, 15) is 4.79 Å². The Morgan fingerprint density at radius 2 is 1.71 bits per heavy atom. The first-order chi connectivity index (χ1) is 13.6. The number of hydrogen-bond acceptors (Lipinski definition) is 6. The lowest BCUT2D eigenvalue weighted by Crippen LogP contribution is -2.20. The topological polar surface area (TPSA) is 88.2 Å². The summed E-state index contributed by atoms with van der Waals surface area (Å²) in [6, 6.07) is 18.4. The molecule has 0 atom stereocenters. The van der Waals surface area contributed by atoms with Crippen molar-refractivity contribution in [3.63, 3.8) is 0 Å². The fourth-order valence-electron chi connectivity index (χ4n) is 2.52. The Bertz CT molecular complexity index is 914. The van der Waals surface area contributed by atoms with Crippen LogP contribution in [0.5, 0.6) is 5.75 Å². The molecule has 0 saturated carbocycles. The zero-order valence-electron chi connectivity index (χ0n) is 15.9. The summed E-state index contributed by atoms with van der Waals surface area (Å²) < 4.78 is 5.44. The van der Waals surface area contributed by atoms with Crippen molar-refractivity contribution in [1.29, 1.82) is 0 Å². The number of amides is 1. The van der Waals surface area contributed by atoms with Crippen LogP contribution in [-0.2, 0) is 4.79 Å². The third-order valence-electron chi connectivity index (χ3n) is 3.75. The maximum Gasteiger partial charge on any atom is 0.262 e. The van der Waals surface area contributed by atoms with E-state index in [-0.39, 0.29) is 12.5 Å². The molecule has 0 spiro atoms. The van der Waals surface area contributed by atoms with E-state index >= 15 is 0 Å². The zero-order chi connectivity index (χ0) is 19.8. The molecule has 1 amide bonds. The van der Waals surface area contributed by atoms with Crippen molar-refractivity contribution in [3.8, 4) is 5.75 Å². The first-order valence-electron chi connectivity index (χ1n) is 9.06. The minimum atomic E-state index is -0.220. The van der Waals surface area contributed by atoms with Crippen LogP contribution in [0.3, 0.4) is 0 Å². The maximum absolute atomic E-state index is 12.0. The Kier molecular flexibility index (Phi) is 6.41. The van der Waals surface area contributed by atoms with Crippen LogP contribution in [0.4, 0.5) is 23.1 Å². The summed E-state index contributed by atoms with van der Waals surface area (Å²) >= 11 is 0. The molecule has 0 fully saturated rings. The average Bonchev–Trinajstić information content (AvgIpc) is 2.69. The Morgan fingerprint density at radius 3 is 2.43 bits per heavy atom. The summed E-state index contributed by atoms with van der Waals surface area (Å²) in [4.78, 5) is 20.8. The molecule has 0 saturated heterocycles. The van der Waals surface area contributed by atoms with E-state index in [0.717, 1.165) is 23.7 Å². The number of benzene rings is 2. The second kappa shape index (κ2) is 9.36. The van der Waals surface area contributed by atoms with Gasteiger partial charge in [-0.3, -0.25) is 4.79 Å². The number of carbonyl (C=O) groups excluding carboxylic acids is 1. The minimum absolute atomic E-state index is 0.0473. The number of anilines is 4. The summed E-state index contributed by atoms with van der Waals surface area (Å²) in [5.74, 6) is 1.73. The van der Waals surface area contributed by atoms with Gasteiger partial charge in [-0.2, -0.15) is 4.98 Å². The van der Waals surface area contributed by atoms with Crippen LogP contribution in [0, 0.1) is 6.92 Å². The number of hydrogen-bond donors (Lipinski definition) is 3. The van der Waals surface area contributed by atoms with E-state index in [4.69, 9.17) is 4.74 Å². The normalized spacial score (nSPS) is 10.2. The second-order valence-electron chi connectivity index (χ2n) is 6.10. The molecule has 144 valence electrons. The number of nitrogens with one attached hydrogen (secondary N) is 3. The van der Waals surface area contributed by atoms with Gasteiger partial charge in [0.15, 0.2) is 6.61 Å². The number of nitrogens with zero attached hydrogens (tertiary/aromatic N) is 2. The van der Waals surface area contributed by atoms with Crippen molar-refractivity contribution in [3.05, 3.63) is 66.4 Å². The molecule has 7 heteroatoms. The highest BCUT2D eigenvalue weighted by Crippen LogP contribution is 2.18. The van der Waals surface area contributed by atoms with Gasteiger partial charge in [0.25, 0.3) is 5.91 Å². The number of para-hydroxylation sites is 1. The van der Waals surface area contributed by atoms with E-state index < -0.39 is 0 Å². The van der Waals surface area contributed by atoms with Gasteiger partial charge in [-0.1, -0.05) is 18.2 Å². The van der Waals surface area contributed by atoms with Crippen LogP contribution in [-0.4, -0.2) is 29.0 Å². The van der Waals surface area contributed by atoms with Crippen LogP contribution in [0.2, 0.25) is 0 Å². The predicted molar refractivity (Wildman–Crippen MR) is 111 cm³/mol. The first-order valence-corrected chi connectivity index (χ1v) is 9.06. The number of carbonyl (C=O) groups is 1. The first kappa shape index (κ1) is 19.2. The molecule has 1 aromatic heterocycles. The molecule has 0 radical (unpaired) electrons. The van der Waals surface area contributed by atoms with Gasteiger partial charge in [0.2, 0.25) is 5.95 Å². The van der Waals surface area contributed by atoms with Gasteiger partial charge in [0.1, 0.15) is 11.6 Å². The van der Waals surface area contributed by atoms with Crippen LogP contribution < -0.4 is 20.7 Å². The fourth-order valence-corrected chi connectivity index (χ4v) is 2.52. The molecule has 28 heavy (non-hydrogen) atoms. The van der Waals surface area contributed by atoms with E-state index in [1.165, 1.54) is 0 Å². The van der Waals surface area contributed by atoms with Crippen molar-refractivity contribution in [1.82, 2.24) is 9.97 Å². The average molecular weight is 377 g/mol. The van der Waals surface area contributed by atoms with Gasteiger partial charge in [-0.25, -0.2) is 4.98 Å². The molecule has 3 rings (SSSR count). The predicted octanol–water partition coefficient (Wildman–Crippen LogP) is 3.98. The zero-order valence-corrected chi connectivity index (χ0v) is 15.9. The van der Waals surface area contributed by atoms with Crippen LogP contribution in [0.15, 0.2) is 60.7 Å². The molecule has 2 aromatic carbocycles. The van der Waals surface area contributed by atoms with E-state index in [0.29, 0.717) is 17.4 Å². The Labute approximate surface area is 164 Å². The van der Waals surface area contributed by atoms with E-state index in [1.807, 2.05) is 74.5 Å². The largest absolute Gasteiger partial charge is 0.484 e. The van der Waals surface area contributed by atoms with Gasteiger partial charge in [-0.05, 0) is 50.2 Å². The standard InChI is InChI=1S/C21H23N5O2/c1-3-22-19-13-15(2)23-21(26-19)25-17-11-9-16(10-12-17)24-20(27)14-28-18-7-5-4-6-8-18/h4-13H,3,14H2,1-2H3,(H,24,27)(H2,22,23,25,26). The molecule has 0 aliphatic carbocycles.